The number of unbranched alkanes of at least 4 members (excludes halogenated alkanes) is 4. The van der Waals surface area contributed by atoms with Gasteiger partial charge in [0.15, 0.2) is 0 Å². The summed E-state index contributed by atoms with van der Waals surface area (Å²) in [6.07, 6.45) is 9.74. The predicted octanol–water partition coefficient (Wildman–Crippen LogP) is 2.85. The van der Waals surface area contributed by atoms with Crippen LogP contribution in [0.5, 0.6) is 0 Å². The van der Waals surface area contributed by atoms with E-state index in [1.165, 1.54) is 0 Å². The minimum Gasteiger partial charge on any atom is -0.465 e. The van der Waals surface area contributed by atoms with E-state index in [1.54, 1.807) is 15.9 Å². The largest absolute Gasteiger partial charge is 0.465 e. The predicted molar refractivity (Wildman–Crippen MR) is 132 cm³/mol. The zero-order valence-electron chi connectivity index (χ0n) is 21.2. The Morgan fingerprint density at radius 1 is 1.23 bits per heavy atom. The van der Waals surface area contributed by atoms with Crippen molar-refractivity contribution in [1.82, 2.24) is 9.80 Å². The molecular formula is C27H42N2O6. The number of aliphatic hydroxyl groups is 1. The Bertz CT molecular complexity index is 786. The van der Waals surface area contributed by atoms with Crippen LogP contribution in [0.4, 0.5) is 0 Å². The number of likely N-dealkylation sites (tertiary alicyclic amines) is 1. The number of fused-ring (bicyclic) bond motifs is 1. The average molecular weight is 491 g/mol. The zero-order valence-corrected chi connectivity index (χ0v) is 21.2. The van der Waals surface area contributed by atoms with Crippen molar-refractivity contribution in [2.24, 2.45) is 11.8 Å². The summed E-state index contributed by atoms with van der Waals surface area (Å²) in [6, 6.07) is -0.772. The first-order chi connectivity index (χ1) is 17.0. The molecule has 3 saturated heterocycles. The molecule has 8 heteroatoms. The number of allylic oxidation sites excluding steroid dienone is 1. The lowest BCUT2D eigenvalue weighted by atomic mass is 9.70. The second-order valence-corrected chi connectivity index (χ2v) is 9.90. The Morgan fingerprint density at radius 2 is 2.03 bits per heavy atom. The minimum absolute atomic E-state index is 0.0215. The third-order valence-corrected chi connectivity index (χ3v) is 7.60. The van der Waals surface area contributed by atoms with Crippen LogP contribution in [0.3, 0.4) is 0 Å². The van der Waals surface area contributed by atoms with Crippen molar-refractivity contribution in [2.45, 2.75) is 82.5 Å². The van der Waals surface area contributed by atoms with Gasteiger partial charge in [-0.25, -0.2) is 0 Å². The SMILES string of the molecule is C=CCCCCOC(=O)[C@@H]1[C@H]2C(=O)N(CCCCO)C(C(=O)N(CC=C)CCCC)C23CC[C@H]1O3. The molecule has 3 heterocycles. The summed E-state index contributed by atoms with van der Waals surface area (Å²) < 4.78 is 12.0. The van der Waals surface area contributed by atoms with Crippen LogP contribution >= 0.6 is 0 Å². The smallest absolute Gasteiger partial charge is 0.312 e. The molecule has 0 aromatic rings. The van der Waals surface area contributed by atoms with Gasteiger partial charge in [0.05, 0.1) is 24.5 Å². The molecule has 0 aromatic carbocycles. The summed E-state index contributed by atoms with van der Waals surface area (Å²) >= 11 is 0. The summed E-state index contributed by atoms with van der Waals surface area (Å²) in [5.74, 6) is -2.13. The number of aliphatic hydroxyl groups excluding tert-OH is 1. The molecule has 196 valence electrons. The molecule has 2 amide bonds. The van der Waals surface area contributed by atoms with Crippen LogP contribution in [0.25, 0.3) is 0 Å². The molecule has 3 fully saturated rings. The van der Waals surface area contributed by atoms with E-state index in [-0.39, 0.29) is 18.4 Å². The standard InChI is InChI=1S/C27H42N2O6/c1-4-7-9-12-19-34-26(33)21-20-13-14-27(35-20)22(21)24(31)29(17-10-11-18-30)23(27)25(32)28(15-6-3)16-8-5-2/h4,6,20-23,30H,1,3,5,7-19H2,2H3/t20-,21+,22+,23?,27?/m1/s1. The van der Waals surface area contributed by atoms with Crippen molar-refractivity contribution in [3.05, 3.63) is 25.3 Å². The number of hydrogen-bond donors (Lipinski definition) is 1. The van der Waals surface area contributed by atoms with Gasteiger partial charge in [0.25, 0.3) is 0 Å². The fourth-order valence-electron chi connectivity index (χ4n) is 5.96. The summed E-state index contributed by atoms with van der Waals surface area (Å²) in [7, 11) is 0. The average Bonchev–Trinajstić information content (AvgIpc) is 3.49. The normalized spacial score (nSPS) is 28.7. The molecule has 35 heavy (non-hydrogen) atoms. The molecule has 2 bridgehead atoms. The summed E-state index contributed by atoms with van der Waals surface area (Å²) in [5, 5.41) is 9.27. The maximum Gasteiger partial charge on any atom is 0.312 e. The number of amides is 2. The highest BCUT2D eigenvalue weighted by molar-refractivity contribution is 5.98. The van der Waals surface area contributed by atoms with Crippen LogP contribution in [0.2, 0.25) is 0 Å². The Balaban J connectivity index is 1.85. The van der Waals surface area contributed by atoms with Gasteiger partial charge in [-0.2, -0.15) is 0 Å². The van der Waals surface area contributed by atoms with E-state index in [9.17, 15) is 19.5 Å². The van der Waals surface area contributed by atoms with E-state index in [2.05, 4.69) is 20.1 Å². The number of carbonyl (C=O) groups excluding carboxylic acids is 3. The van der Waals surface area contributed by atoms with Gasteiger partial charge in [0.1, 0.15) is 11.6 Å². The van der Waals surface area contributed by atoms with Gasteiger partial charge in [-0.3, -0.25) is 14.4 Å². The number of carbonyl (C=O) groups is 3. The lowest BCUT2D eigenvalue weighted by Gasteiger charge is -2.36. The number of nitrogens with zero attached hydrogens (tertiary/aromatic N) is 2. The molecule has 1 spiro atoms. The first kappa shape index (κ1) is 27.4. The molecule has 0 aromatic heterocycles. The fourth-order valence-corrected chi connectivity index (χ4v) is 5.96. The third-order valence-electron chi connectivity index (χ3n) is 7.60. The van der Waals surface area contributed by atoms with Gasteiger partial charge < -0.3 is 24.4 Å². The Hall–Kier alpha value is -2.19. The second-order valence-electron chi connectivity index (χ2n) is 9.90. The van der Waals surface area contributed by atoms with Gasteiger partial charge in [-0.15, -0.1) is 13.2 Å². The molecule has 1 N–H and O–H groups in total. The van der Waals surface area contributed by atoms with Crippen LogP contribution in [0.15, 0.2) is 25.3 Å². The highest BCUT2D eigenvalue weighted by atomic mass is 16.6. The van der Waals surface area contributed by atoms with Crippen molar-refractivity contribution in [1.29, 1.82) is 0 Å². The maximum atomic E-state index is 13.9. The van der Waals surface area contributed by atoms with Crippen LogP contribution in [0.1, 0.15) is 64.7 Å². The lowest BCUT2D eigenvalue weighted by Crippen LogP contribution is -2.56. The third kappa shape index (κ3) is 5.48. The minimum atomic E-state index is -1.00. The Morgan fingerprint density at radius 3 is 2.71 bits per heavy atom. The van der Waals surface area contributed by atoms with Crippen molar-refractivity contribution in [3.8, 4) is 0 Å². The van der Waals surface area contributed by atoms with Crippen molar-refractivity contribution < 1.29 is 29.0 Å². The number of esters is 1. The van der Waals surface area contributed by atoms with Gasteiger partial charge in [0, 0.05) is 26.2 Å². The van der Waals surface area contributed by atoms with E-state index in [4.69, 9.17) is 9.47 Å². The van der Waals surface area contributed by atoms with Gasteiger partial charge in [-0.1, -0.05) is 25.5 Å². The molecule has 0 saturated carbocycles. The van der Waals surface area contributed by atoms with Gasteiger partial charge in [0.2, 0.25) is 11.8 Å². The monoisotopic (exact) mass is 490 g/mol. The van der Waals surface area contributed by atoms with Gasteiger partial charge in [-0.05, 0) is 51.4 Å². The van der Waals surface area contributed by atoms with Gasteiger partial charge >= 0.3 is 5.97 Å². The lowest BCUT2D eigenvalue weighted by molar-refractivity contribution is -0.155. The van der Waals surface area contributed by atoms with E-state index < -0.39 is 35.6 Å². The number of ether oxygens (including phenoxy) is 2. The fraction of sp³-hybridized carbons (Fsp3) is 0.741. The number of hydrogen-bond acceptors (Lipinski definition) is 6. The Labute approximate surface area is 209 Å². The highest BCUT2D eigenvalue weighted by Gasteiger charge is 2.74. The molecule has 8 nitrogen and oxygen atoms in total. The molecule has 0 radical (unpaired) electrons. The van der Waals surface area contributed by atoms with Crippen LogP contribution < -0.4 is 0 Å². The molecular weight excluding hydrogens is 448 g/mol. The van der Waals surface area contributed by atoms with E-state index in [0.29, 0.717) is 51.9 Å². The molecule has 3 aliphatic rings. The first-order valence-electron chi connectivity index (χ1n) is 13.2. The van der Waals surface area contributed by atoms with Crippen LogP contribution in [-0.4, -0.2) is 83.3 Å². The van der Waals surface area contributed by atoms with Crippen LogP contribution in [-0.2, 0) is 23.9 Å². The molecule has 3 rings (SSSR count). The second kappa shape index (κ2) is 12.7. The van der Waals surface area contributed by atoms with E-state index in [0.717, 1.165) is 32.1 Å². The highest BCUT2D eigenvalue weighted by Crippen LogP contribution is 2.58. The molecule has 2 unspecified atom stereocenters. The summed E-state index contributed by atoms with van der Waals surface area (Å²) in [4.78, 5) is 44.2. The molecule has 0 aliphatic carbocycles. The number of rotatable bonds is 16. The maximum absolute atomic E-state index is 13.9. The van der Waals surface area contributed by atoms with Crippen molar-refractivity contribution in [3.63, 3.8) is 0 Å². The zero-order chi connectivity index (χ0) is 25.4. The first-order valence-corrected chi connectivity index (χ1v) is 13.2. The topological polar surface area (TPSA) is 96.4 Å². The van der Waals surface area contributed by atoms with Crippen molar-refractivity contribution in [2.75, 3.05) is 32.8 Å². The Kier molecular flexibility index (Phi) is 9.92. The summed E-state index contributed by atoms with van der Waals surface area (Å²) in [6.45, 7) is 11.2. The van der Waals surface area contributed by atoms with Crippen molar-refractivity contribution >= 4 is 17.8 Å². The van der Waals surface area contributed by atoms with E-state index >= 15 is 0 Å². The molecule has 3 aliphatic heterocycles. The van der Waals surface area contributed by atoms with E-state index in [1.807, 2.05) is 6.08 Å². The quantitative estimate of drug-likeness (QED) is 0.203. The summed E-state index contributed by atoms with van der Waals surface area (Å²) in [5.41, 5.74) is -1.00. The van der Waals surface area contributed by atoms with Crippen LogP contribution in [0, 0.1) is 11.8 Å². The molecule has 5 atom stereocenters.